The number of nitrogens with one attached hydrogen (secondary N) is 2. The van der Waals surface area contributed by atoms with Crippen molar-refractivity contribution in [3.63, 3.8) is 0 Å². The molecule has 1 aromatic carbocycles. The number of hydrogen-bond acceptors (Lipinski definition) is 4. The number of hydrogen-bond donors (Lipinski definition) is 4. The first-order valence-electron chi connectivity index (χ1n) is 6.82. The second-order valence-corrected chi connectivity index (χ2v) is 5.78. The van der Waals surface area contributed by atoms with Crippen LogP contribution in [0.5, 0.6) is 5.75 Å². The Bertz CT molecular complexity index is 545. The Morgan fingerprint density at radius 2 is 2.20 bits per heavy atom. The third kappa shape index (κ3) is 4.23. The van der Waals surface area contributed by atoms with Crippen LogP contribution in [-0.2, 0) is 0 Å². The van der Waals surface area contributed by atoms with Crippen molar-refractivity contribution in [2.45, 2.75) is 25.5 Å². The second-order valence-electron chi connectivity index (χ2n) is 5.78. The molecule has 0 fully saturated rings. The number of benzene rings is 1. The number of ether oxygens (including phenoxy) is 1. The maximum Gasteiger partial charge on any atom is 0.128 e. The van der Waals surface area contributed by atoms with E-state index in [9.17, 15) is 5.11 Å². The van der Waals surface area contributed by atoms with Crippen LogP contribution in [0.1, 0.15) is 13.8 Å². The Morgan fingerprint density at radius 3 is 2.95 bits per heavy atom. The lowest BCUT2D eigenvalue weighted by Gasteiger charge is -2.20. The van der Waals surface area contributed by atoms with Gasteiger partial charge in [-0.3, -0.25) is 0 Å². The smallest absolute Gasteiger partial charge is 0.128 e. The van der Waals surface area contributed by atoms with E-state index in [4.69, 9.17) is 10.5 Å². The molecule has 1 atom stereocenters. The Kier molecular flexibility index (Phi) is 4.65. The third-order valence-electron chi connectivity index (χ3n) is 2.95. The summed E-state index contributed by atoms with van der Waals surface area (Å²) in [6, 6.07) is 7.78. The maximum absolute atomic E-state index is 9.89. The SMILES string of the molecule is CC(C)(N)CNC[C@H](O)COc1cccc2[nH]ccc12. The van der Waals surface area contributed by atoms with Gasteiger partial charge >= 0.3 is 0 Å². The number of aromatic amines is 1. The number of rotatable bonds is 7. The van der Waals surface area contributed by atoms with E-state index in [-0.39, 0.29) is 12.1 Å². The lowest BCUT2D eigenvalue weighted by molar-refractivity contribution is 0.106. The molecule has 0 aliphatic heterocycles. The van der Waals surface area contributed by atoms with Gasteiger partial charge in [0.05, 0.1) is 0 Å². The van der Waals surface area contributed by atoms with E-state index in [1.807, 2.05) is 44.3 Å². The molecule has 0 saturated carbocycles. The molecule has 2 rings (SSSR count). The van der Waals surface area contributed by atoms with Crippen LogP contribution >= 0.6 is 0 Å². The molecule has 0 bridgehead atoms. The van der Waals surface area contributed by atoms with Crippen LogP contribution in [-0.4, -0.2) is 41.4 Å². The van der Waals surface area contributed by atoms with Crippen LogP contribution < -0.4 is 15.8 Å². The normalized spacial score (nSPS) is 13.6. The molecule has 2 aromatic rings. The van der Waals surface area contributed by atoms with Gasteiger partial charge in [-0.15, -0.1) is 0 Å². The monoisotopic (exact) mass is 277 g/mol. The van der Waals surface area contributed by atoms with Crippen LogP contribution in [0.15, 0.2) is 30.5 Å². The minimum absolute atomic E-state index is 0.252. The van der Waals surface area contributed by atoms with Crippen LogP contribution in [0.25, 0.3) is 10.9 Å². The van der Waals surface area contributed by atoms with Gasteiger partial charge < -0.3 is 25.9 Å². The standard InChI is InChI=1S/C15H23N3O2/c1-15(2,16)10-17-8-11(19)9-20-14-5-3-4-13-12(14)6-7-18-13/h3-7,11,17-19H,8-10,16H2,1-2H3/t11-/m0/s1. The molecule has 0 aliphatic rings. The summed E-state index contributed by atoms with van der Waals surface area (Å²) in [5.41, 5.74) is 6.61. The fraction of sp³-hybridized carbons (Fsp3) is 0.467. The van der Waals surface area contributed by atoms with Crippen LogP contribution in [0.3, 0.4) is 0 Å². The number of nitrogens with two attached hydrogens (primary N) is 1. The van der Waals surface area contributed by atoms with Crippen molar-refractivity contribution in [2.24, 2.45) is 5.73 Å². The van der Waals surface area contributed by atoms with Gasteiger partial charge in [-0.25, -0.2) is 0 Å². The minimum Gasteiger partial charge on any atom is -0.490 e. The van der Waals surface area contributed by atoms with Gasteiger partial charge in [-0.2, -0.15) is 0 Å². The summed E-state index contributed by atoms with van der Waals surface area (Å²) in [5.74, 6) is 0.780. The highest BCUT2D eigenvalue weighted by atomic mass is 16.5. The summed E-state index contributed by atoms with van der Waals surface area (Å²) in [4.78, 5) is 3.13. The number of H-pyrrole nitrogens is 1. The quantitative estimate of drug-likeness (QED) is 0.613. The van der Waals surface area contributed by atoms with E-state index in [0.29, 0.717) is 13.1 Å². The molecule has 1 aromatic heterocycles. The van der Waals surface area contributed by atoms with E-state index in [1.54, 1.807) is 0 Å². The van der Waals surface area contributed by atoms with E-state index in [2.05, 4.69) is 10.3 Å². The highest BCUT2D eigenvalue weighted by molar-refractivity contribution is 5.85. The highest BCUT2D eigenvalue weighted by Crippen LogP contribution is 2.24. The van der Waals surface area contributed by atoms with Crippen molar-refractivity contribution in [1.82, 2.24) is 10.3 Å². The fourth-order valence-corrected chi connectivity index (χ4v) is 1.99. The minimum atomic E-state index is -0.563. The molecule has 110 valence electrons. The van der Waals surface area contributed by atoms with Crippen LogP contribution in [0.2, 0.25) is 0 Å². The lowest BCUT2D eigenvalue weighted by atomic mass is 10.1. The summed E-state index contributed by atoms with van der Waals surface area (Å²) in [5, 5.41) is 14.1. The Morgan fingerprint density at radius 1 is 1.40 bits per heavy atom. The predicted octanol–water partition coefficient (Wildman–Crippen LogP) is 1.23. The second kappa shape index (κ2) is 6.26. The molecule has 20 heavy (non-hydrogen) atoms. The summed E-state index contributed by atoms with van der Waals surface area (Å²) < 4.78 is 5.68. The molecule has 0 spiro atoms. The van der Waals surface area contributed by atoms with Crippen molar-refractivity contribution >= 4 is 10.9 Å². The summed E-state index contributed by atoms with van der Waals surface area (Å²) in [7, 11) is 0. The van der Waals surface area contributed by atoms with Gasteiger partial charge in [0.25, 0.3) is 0 Å². The number of aliphatic hydroxyl groups is 1. The Balaban J connectivity index is 1.81. The zero-order chi connectivity index (χ0) is 14.6. The fourth-order valence-electron chi connectivity index (χ4n) is 1.99. The van der Waals surface area contributed by atoms with Gasteiger partial charge in [0, 0.05) is 35.7 Å². The third-order valence-corrected chi connectivity index (χ3v) is 2.95. The van der Waals surface area contributed by atoms with Crippen molar-refractivity contribution in [3.8, 4) is 5.75 Å². The van der Waals surface area contributed by atoms with Crippen molar-refractivity contribution in [3.05, 3.63) is 30.5 Å². The van der Waals surface area contributed by atoms with Crippen LogP contribution in [0.4, 0.5) is 0 Å². The molecular weight excluding hydrogens is 254 g/mol. The van der Waals surface area contributed by atoms with Gasteiger partial charge in [-0.05, 0) is 32.0 Å². The average Bonchev–Trinajstić information content (AvgIpc) is 2.83. The van der Waals surface area contributed by atoms with Gasteiger partial charge in [0.15, 0.2) is 0 Å². The topological polar surface area (TPSA) is 83.3 Å². The van der Waals surface area contributed by atoms with Gasteiger partial charge in [0.1, 0.15) is 18.5 Å². The summed E-state index contributed by atoms with van der Waals surface area (Å²) in [6.07, 6.45) is 1.31. The van der Waals surface area contributed by atoms with E-state index >= 15 is 0 Å². The molecule has 0 aliphatic carbocycles. The van der Waals surface area contributed by atoms with Crippen molar-refractivity contribution < 1.29 is 9.84 Å². The number of aliphatic hydroxyl groups excluding tert-OH is 1. The Hall–Kier alpha value is -1.56. The van der Waals surface area contributed by atoms with Crippen molar-refractivity contribution in [2.75, 3.05) is 19.7 Å². The number of fused-ring (bicyclic) bond motifs is 1. The average molecular weight is 277 g/mol. The first-order chi connectivity index (χ1) is 9.46. The number of aromatic nitrogens is 1. The maximum atomic E-state index is 9.89. The molecule has 0 amide bonds. The largest absolute Gasteiger partial charge is 0.490 e. The zero-order valence-corrected chi connectivity index (χ0v) is 12.0. The summed E-state index contributed by atoms with van der Waals surface area (Å²) >= 11 is 0. The molecule has 0 radical (unpaired) electrons. The molecule has 5 heteroatoms. The van der Waals surface area contributed by atoms with Crippen molar-refractivity contribution in [1.29, 1.82) is 0 Å². The van der Waals surface area contributed by atoms with Crippen LogP contribution in [0, 0.1) is 0 Å². The Labute approximate surface area is 119 Å². The predicted molar refractivity (Wildman–Crippen MR) is 80.9 cm³/mol. The van der Waals surface area contributed by atoms with E-state index in [1.165, 1.54) is 0 Å². The summed E-state index contributed by atoms with van der Waals surface area (Å²) in [6.45, 7) is 5.24. The molecular formula is C15H23N3O2. The van der Waals surface area contributed by atoms with Gasteiger partial charge in [-0.1, -0.05) is 6.07 Å². The molecule has 0 unspecified atom stereocenters. The van der Waals surface area contributed by atoms with E-state index < -0.39 is 6.10 Å². The van der Waals surface area contributed by atoms with E-state index in [0.717, 1.165) is 16.7 Å². The highest BCUT2D eigenvalue weighted by Gasteiger charge is 2.12. The first kappa shape index (κ1) is 14.8. The molecule has 1 heterocycles. The first-order valence-corrected chi connectivity index (χ1v) is 6.82. The lowest BCUT2D eigenvalue weighted by Crippen LogP contribution is -2.45. The molecule has 0 saturated heterocycles. The zero-order valence-electron chi connectivity index (χ0n) is 12.0. The molecule has 5 N–H and O–H groups in total. The van der Waals surface area contributed by atoms with Gasteiger partial charge in [0.2, 0.25) is 0 Å². The molecule has 5 nitrogen and oxygen atoms in total.